The van der Waals surface area contributed by atoms with Crippen LogP contribution in [0.1, 0.15) is 303 Å². The topological polar surface area (TPSA) is 95.9 Å². The lowest BCUT2D eigenvalue weighted by molar-refractivity contribution is -0.151. The van der Waals surface area contributed by atoms with Crippen LogP contribution in [0.25, 0.3) is 0 Å². The fraction of sp³-hybridized carbons (Fsp3) is 0.836. The zero-order valence-corrected chi connectivity index (χ0v) is 44.8. The van der Waals surface area contributed by atoms with Crippen molar-refractivity contribution in [2.75, 3.05) is 6.61 Å². The normalized spacial score (nSPS) is 13.4. The van der Waals surface area contributed by atoms with Crippen LogP contribution in [0.15, 0.2) is 48.6 Å². The Morgan fingerprint density at radius 3 is 1.24 bits per heavy atom. The van der Waals surface area contributed by atoms with Gasteiger partial charge in [0.15, 0.2) is 0 Å². The number of unbranched alkanes of at least 4 members (excludes halogenated alkanes) is 33. The predicted molar refractivity (Wildman–Crippen MR) is 292 cm³/mol. The number of esters is 1. The van der Waals surface area contributed by atoms with Crippen molar-refractivity contribution in [3.8, 4) is 0 Å². The van der Waals surface area contributed by atoms with Crippen molar-refractivity contribution in [2.24, 2.45) is 0 Å². The molecule has 0 aromatic rings. The fourth-order valence-corrected chi connectivity index (χ4v) is 8.97. The molecule has 0 aromatic carbocycles. The number of carbonyl (C=O) groups is 2. The average Bonchev–Trinajstić information content (AvgIpc) is 3.32. The van der Waals surface area contributed by atoms with Gasteiger partial charge in [-0.05, 0) is 83.5 Å². The predicted octanol–water partition coefficient (Wildman–Crippen LogP) is 18.2. The van der Waals surface area contributed by atoms with E-state index in [9.17, 15) is 19.8 Å². The Morgan fingerprint density at radius 2 is 0.806 bits per heavy atom. The minimum atomic E-state index is -0.792. The quantitative estimate of drug-likeness (QED) is 0.0321. The van der Waals surface area contributed by atoms with E-state index in [0.717, 1.165) is 77.0 Å². The van der Waals surface area contributed by atoms with Gasteiger partial charge in [0, 0.05) is 6.42 Å². The van der Waals surface area contributed by atoms with Gasteiger partial charge in [0.05, 0.1) is 25.2 Å². The Hall–Kier alpha value is -2.18. The van der Waals surface area contributed by atoms with Crippen molar-refractivity contribution in [1.29, 1.82) is 0 Å². The molecular formula is C61H113NO5. The molecule has 3 N–H and O–H groups in total. The molecule has 0 fully saturated rings. The van der Waals surface area contributed by atoms with Gasteiger partial charge in [0.25, 0.3) is 0 Å². The number of aliphatic hydroxyl groups is 2. The molecule has 1 amide bonds. The number of aliphatic hydroxyl groups excluding tert-OH is 2. The number of nitrogens with one attached hydrogen (secondary N) is 1. The van der Waals surface area contributed by atoms with Crippen molar-refractivity contribution in [1.82, 2.24) is 5.32 Å². The van der Waals surface area contributed by atoms with E-state index in [2.05, 4.69) is 74.7 Å². The Kier molecular flexibility index (Phi) is 53.0. The van der Waals surface area contributed by atoms with Gasteiger partial charge in [-0.25, -0.2) is 0 Å². The second-order valence-corrected chi connectivity index (χ2v) is 20.0. The molecule has 0 aliphatic rings. The highest BCUT2D eigenvalue weighted by Crippen LogP contribution is 2.18. The van der Waals surface area contributed by atoms with Crippen LogP contribution in [0, 0.1) is 0 Å². The maximum absolute atomic E-state index is 13.3. The fourth-order valence-electron chi connectivity index (χ4n) is 8.97. The summed E-state index contributed by atoms with van der Waals surface area (Å²) in [6.45, 7) is 6.40. The van der Waals surface area contributed by atoms with E-state index >= 15 is 0 Å². The molecule has 0 saturated heterocycles. The summed E-state index contributed by atoms with van der Waals surface area (Å²) in [6, 6.07) is -0.706. The van der Waals surface area contributed by atoms with Gasteiger partial charge in [-0.2, -0.15) is 0 Å². The molecule has 6 nitrogen and oxygen atoms in total. The summed E-state index contributed by atoms with van der Waals surface area (Å²) in [4.78, 5) is 26.3. The van der Waals surface area contributed by atoms with Crippen molar-refractivity contribution in [3.63, 3.8) is 0 Å². The lowest BCUT2D eigenvalue weighted by atomic mass is 10.0. The number of ether oxygens (including phenoxy) is 1. The van der Waals surface area contributed by atoms with Gasteiger partial charge in [-0.15, -0.1) is 0 Å². The van der Waals surface area contributed by atoms with E-state index < -0.39 is 18.2 Å². The molecule has 0 bridgehead atoms. The van der Waals surface area contributed by atoms with Gasteiger partial charge in [0.1, 0.15) is 6.10 Å². The van der Waals surface area contributed by atoms with Gasteiger partial charge >= 0.3 is 5.97 Å². The zero-order valence-electron chi connectivity index (χ0n) is 44.8. The monoisotopic (exact) mass is 940 g/mol. The first kappa shape index (κ1) is 64.8. The number of allylic oxidation sites excluding steroid dienone is 8. The van der Waals surface area contributed by atoms with Gasteiger partial charge in [0.2, 0.25) is 5.91 Å². The van der Waals surface area contributed by atoms with Crippen molar-refractivity contribution >= 4 is 11.9 Å². The third kappa shape index (κ3) is 50.0. The molecule has 0 heterocycles. The van der Waals surface area contributed by atoms with Crippen LogP contribution in [0.3, 0.4) is 0 Å². The molecule has 0 aliphatic carbocycles. The first-order valence-electron chi connectivity index (χ1n) is 29.4. The molecule has 0 radical (unpaired) electrons. The molecule has 392 valence electrons. The first-order valence-corrected chi connectivity index (χ1v) is 29.4. The summed E-state index contributed by atoms with van der Waals surface area (Å²) in [6.07, 6.45) is 67.4. The van der Waals surface area contributed by atoms with E-state index in [0.29, 0.717) is 19.3 Å². The Morgan fingerprint density at radius 1 is 0.448 bits per heavy atom. The molecule has 0 spiro atoms. The van der Waals surface area contributed by atoms with Crippen LogP contribution in [0.5, 0.6) is 0 Å². The van der Waals surface area contributed by atoms with Gasteiger partial charge < -0.3 is 20.3 Å². The first-order chi connectivity index (χ1) is 33.0. The van der Waals surface area contributed by atoms with Crippen molar-refractivity contribution in [3.05, 3.63) is 48.6 Å². The largest absolute Gasteiger partial charge is 0.462 e. The van der Waals surface area contributed by atoms with Crippen LogP contribution in [-0.2, 0) is 14.3 Å². The highest BCUT2D eigenvalue weighted by atomic mass is 16.5. The van der Waals surface area contributed by atoms with Gasteiger partial charge in [-0.1, -0.05) is 256 Å². The van der Waals surface area contributed by atoms with E-state index in [1.807, 2.05) is 0 Å². The maximum Gasteiger partial charge on any atom is 0.306 e. The molecule has 0 aliphatic heterocycles. The average molecular weight is 941 g/mol. The number of hydrogen-bond acceptors (Lipinski definition) is 5. The van der Waals surface area contributed by atoms with E-state index in [1.165, 1.54) is 180 Å². The highest BCUT2D eigenvalue weighted by Gasteiger charge is 2.24. The summed E-state index contributed by atoms with van der Waals surface area (Å²) >= 11 is 0. The zero-order chi connectivity index (χ0) is 48.8. The molecule has 3 unspecified atom stereocenters. The standard InChI is InChI=1S/C61H113NO5/c1-4-7-10-13-16-19-22-25-28-30-32-34-37-40-43-46-49-52-57(67-61(66)54-51-48-45-42-39-36-33-29-26-23-20-17-14-11-8-5-2)55-60(65)62-58(56-63)59(64)53-50-47-44-41-38-35-31-27-24-21-18-15-12-9-6-3/h8,11,17,20,25-26,28-29,57-59,63-64H,4-7,9-10,12-16,18-19,21-24,27,30-56H2,1-3H3,(H,62,65)/b11-8+,20-17+,28-25+,29-26+. The Balaban J connectivity index is 4.57. The van der Waals surface area contributed by atoms with E-state index in [-0.39, 0.29) is 24.9 Å². The molecule has 0 aromatic heterocycles. The van der Waals surface area contributed by atoms with Gasteiger partial charge in [-0.3, -0.25) is 9.59 Å². The molecule has 0 rings (SSSR count). The van der Waals surface area contributed by atoms with Crippen LogP contribution >= 0.6 is 0 Å². The number of carbonyl (C=O) groups excluding carboxylic acids is 2. The van der Waals surface area contributed by atoms with Crippen LogP contribution in [0.4, 0.5) is 0 Å². The second kappa shape index (κ2) is 54.8. The SMILES string of the molecule is CC/C=C/C/C=C/C/C=C/CCCCCCCCC(=O)OC(CCCCCCCCC/C=C/CCCCCCCC)CC(=O)NC(CO)C(O)CCCCCCCCCCCCCCCCC. The summed E-state index contributed by atoms with van der Waals surface area (Å²) in [5, 5.41) is 23.9. The summed E-state index contributed by atoms with van der Waals surface area (Å²) in [7, 11) is 0. The molecule has 3 atom stereocenters. The molecule has 6 heteroatoms. The summed E-state index contributed by atoms with van der Waals surface area (Å²) in [5.41, 5.74) is 0. The minimum absolute atomic E-state index is 0.0708. The maximum atomic E-state index is 13.3. The lowest BCUT2D eigenvalue weighted by Crippen LogP contribution is -2.46. The van der Waals surface area contributed by atoms with E-state index in [4.69, 9.17) is 4.74 Å². The highest BCUT2D eigenvalue weighted by molar-refractivity contribution is 5.77. The molecule has 0 saturated carbocycles. The van der Waals surface area contributed by atoms with Crippen LogP contribution in [0.2, 0.25) is 0 Å². The smallest absolute Gasteiger partial charge is 0.306 e. The number of hydrogen-bond donors (Lipinski definition) is 3. The summed E-state index contributed by atoms with van der Waals surface area (Å²) < 4.78 is 5.96. The number of rotatable bonds is 53. The lowest BCUT2D eigenvalue weighted by Gasteiger charge is -2.24. The second-order valence-electron chi connectivity index (χ2n) is 20.0. The third-order valence-electron chi connectivity index (χ3n) is 13.4. The van der Waals surface area contributed by atoms with Crippen LogP contribution in [-0.4, -0.2) is 46.9 Å². The van der Waals surface area contributed by atoms with Crippen molar-refractivity contribution in [2.45, 2.75) is 322 Å². The third-order valence-corrected chi connectivity index (χ3v) is 13.4. The molecular weight excluding hydrogens is 827 g/mol. The Labute approximate surface area is 416 Å². The minimum Gasteiger partial charge on any atom is -0.462 e. The summed E-state index contributed by atoms with van der Waals surface area (Å²) in [5.74, 6) is -0.481. The number of amides is 1. The Bertz CT molecular complexity index is 1150. The van der Waals surface area contributed by atoms with Crippen molar-refractivity contribution < 1.29 is 24.5 Å². The molecule has 67 heavy (non-hydrogen) atoms. The van der Waals surface area contributed by atoms with E-state index in [1.54, 1.807) is 0 Å². The van der Waals surface area contributed by atoms with Crippen LogP contribution < -0.4 is 5.32 Å².